The maximum Gasteiger partial charge on any atom is 0.266 e. The van der Waals surface area contributed by atoms with E-state index in [0.717, 1.165) is 11.3 Å². The first-order chi connectivity index (χ1) is 11.7. The molecule has 1 heterocycles. The molecule has 0 bridgehead atoms. The first kappa shape index (κ1) is 19.1. The molecule has 1 atom stereocenters. The summed E-state index contributed by atoms with van der Waals surface area (Å²) >= 11 is 0. The molecule has 0 aromatic heterocycles. The van der Waals surface area contributed by atoms with Crippen LogP contribution in [0.15, 0.2) is 36.0 Å². The number of nitrogens with zero attached hydrogens (tertiary/aromatic N) is 1. The van der Waals surface area contributed by atoms with Crippen LogP contribution in [0.5, 0.6) is 0 Å². The van der Waals surface area contributed by atoms with Crippen molar-refractivity contribution in [2.45, 2.75) is 25.8 Å². The summed E-state index contributed by atoms with van der Waals surface area (Å²) in [6.07, 6.45) is 2.43. The zero-order valence-electron chi connectivity index (χ0n) is 14.2. The molecule has 7 nitrogen and oxygen atoms in total. The van der Waals surface area contributed by atoms with Gasteiger partial charge in [-0.15, -0.1) is 0 Å². The van der Waals surface area contributed by atoms with Crippen LogP contribution in [0.3, 0.4) is 0 Å². The van der Waals surface area contributed by atoms with Gasteiger partial charge in [-0.25, -0.2) is 0 Å². The van der Waals surface area contributed by atoms with Gasteiger partial charge in [-0.1, -0.05) is 35.9 Å². The lowest BCUT2D eigenvalue weighted by Crippen LogP contribution is -2.36. The van der Waals surface area contributed by atoms with E-state index in [4.69, 9.17) is 4.55 Å². The second-order valence-electron chi connectivity index (χ2n) is 6.10. The SMILES string of the molecule is Cc1ccc(C(=O)C2CC=C(CC(=O)NCCS(=O)(=O)O)N2C)cc1. The molecule has 1 aromatic rings. The van der Waals surface area contributed by atoms with E-state index in [1.807, 2.05) is 25.1 Å². The molecule has 0 spiro atoms. The Morgan fingerprint density at radius 1 is 1.28 bits per heavy atom. The van der Waals surface area contributed by atoms with Crippen molar-refractivity contribution in [3.8, 4) is 0 Å². The van der Waals surface area contributed by atoms with E-state index in [0.29, 0.717) is 12.0 Å². The van der Waals surface area contributed by atoms with Crippen molar-refractivity contribution >= 4 is 21.8 Å². The van der Waals surface area contributed by atoms with Crippen molar-refractivity contribution < 1.29 is 22.6 Å². The van der Waals surface area contributed by atoms with E-state index >= 15 is 0 Å². The molecule has 1 aliphatic heterocycles. The number of carbonyl (C=O) groups is 2. The number of carbonyl (C=O) groups excluding carboxylic acids is 2. The molecule has 0 saturated heterocycles. The lowest BCUT2D eigenvalue weighted by Gasteiger charge is -2.24. The summed E-state index contributed by atoms with van der Waals surface area (Å²) in [5.41, 5.74) is 2.43. The Labute approximate surface area is 147 Å². The summed E-state index contributed by atoms with van der Waals surface area (Å²) in [7, 11) is -2.33. The normalized spacial score (nSPS) is 17.3. The molecule has 8 heteroatoms. The fraction of sp³-hybridized carbons (Fsp3) is 0.412. The fourth-order valence-corrected chi connectivity index (χ4v) is 3.05. The molecule has 136 valence electrons. The molecule has 25 heavy (non-hydrogen) atoms. The fourth-order valence-electron chi connectivity index (χ4n) is 2.69. The Morgan fingerprint density at radius 2 is 1.92 bits per heavy atom. The van der Waals surface area contributed by atoms with E-state index in [1.165, 1.54) is 0 Å². The lowest BCUT2D eigenvalue weighted by atomic mass is 10.0. The van der Waals surface area contributed by atoms with Crippen LogP contribution in [-0.4, -0.2) is 54.9 Å². The number of rotatable bonds is 7. The molecule has 2 rings (SSSR count). The van der Waals surface area contributed by atoms with Crippen LogP contribution in [-0.2, 0) is 14.9 Å². The van der Waals surface area contributed by atoms with E-state index in [1.54, 1.807) is 24.1 Å². The minimum Gasteiger partial charge on any atom is -0.367 e. The van der Waals surface area contributed by atoms with Crippen molar-refractivity contribution in [2.24, 2.45) is 0 Å². The highest BCUT2D eigenvalue weighted by atomic mass is 32.2. The van der Waals surface area contributed by atoms with Crippen LogP contribution < -0.4 is 5.32 Å². The Kier molecular flexibility index (Phi) is 5.97. The number of aryl methyl sites for hydroxylation is 1. The van der Waals surface area contributed by atoms with Crippen LogP contribution in [0.25, 0.3) is 0 Å². The molecule has 0 radical (unpaired) electrons. The van der Waals surface area contributed by atoms with E-state index < -0.39 is 15.9 Å². The Bertz CT molecular complexity index is 784. The molecular weight excluding hydrogens is 344 g/mol. The predicted molar refractivity (Wildman–Crippen MR) is 93.8 cm³/mol. The minimum atomic E-state index is -4.10. The Balaban J connectivity index is 1.90. The summed E-state index contributed by atoms with van der Waals surface area (Å²) in [5.74, 6) is -0.881. The van der Waals surface area contributed by atoms with E-state index in [-0.39, 0.29) is 30.7 Å². The summed E-state index contributed by atoms with van der Waals surface area (Å²) < 4.78 is 29.9. The molecule has 0 aliphatic carbocycles. The maximum atomic E-state index is 12.6. The number of hydrogen-bond donors (Lipinski definition) is 2. The number of nitrogens with one attached hydrogen (secondary N) is 1. The third kappa shape index (κ3) is 5.40. The standard InChI is InChI=1S/C17H22N2O5S/c1-12-3-5-13(6-4-12)17(21)15-8-7-14(19(15)2)11-16(20)18-9-10-25(22,23)24/h3-7,15H,8-11H2,1-2H3,(H,18,20)(H,22,23,24). The average molecular weight is 366 g/mol. The van der Waals surface area contributed by atoms with Gasteiger partial charge < -0.3 is 10.2 Å². The van der Waals surface area contributed by atoms with Crippen LogP contribution >= 0.6 is 0 Å². The van der Waals surface area contributed by atoms with Crippen LogP contribution in [0.2, 0.25) is 0 Å². The zero-order valence-corrected chi connectivity index (χ0v) is 15.0. The summed E-state index contributed by atoms with van der Waals surface area (Å²) in [4.78, 5) is 26.3. The molecule has 0 saturated carbocycles. The Hall–Kier alpha value is -2.19. The number of ketones is 1. The minimum absolute atomic E-state index is 0.000493. The molecule has 1 aromatic carbocycles. The van der Waals surface area contributed by atoms with Gasteiger partial charge in [-0.05, 0) is 13.3 Å². The van der Waals surface area contributed by atoms with Crippen LogP contribution in [0, 0.1) is 6.92 Å². The first-order valence-corrected chi connectivity index (χ1v) is 9.53. The first-order valence-electron chi connectivity index (χ1n) is 7.92. The highest BCUT2D eigenvalue weighted by molar-refractivity contribution is 7.85. The van der Waals surface area contributed by atoms with Gasteiger partial charge in [-0.3, -0.25) is 14.1 Å². The van der Waals surface area contributed by atoms with Crippen molar-refractivity contribution in [3.05, 3.63) is 47.2 Å². The van der Waals surface area contributed by atoms with Gasteiger partial charge in [0, 0.05) is 24.9 Å². The topological polar surface area (TPSA) is 104 Å². The van der Waals surface area contributed by atoms with Crippen LogP contribution in [0.4, 0.5) is 0 Å². The molecule has 1 amide bonds. The van der Waals surface area contributed by atoms with Crippen molar-refractivity contribution in [1.29, 1.82) is 0 Å². The quantitative estimate of drug-likeness (QED) is 0.554. The van der Waals surface area contributed by atoms with Gasteiger partial charge in [0.25, 0.3) is 10.1 Å². The molecule has 1 aliphatic rings. The molecule has 2 N–H and O–H groups in total. The van der Waals surface area contributed by atoms with E-state index in [9.17, 15) is 18.0 Å². The third-order valence-corrected chi connectivity index (χ3v) is 4.88. The number of hydrogen-bond acceptors (Lipinski definition) is 5. The largest absolute Gasteiger partial charge is 0.367 e. The lowest BCUT2D eigenvalue weighted by molar-refractivity contribution is -0.120. The number of Topliss-reactive ketones (excluding diaryl/α,β-unsaturated/α-hetero) is 1. The third-order valence-electron chi connectivity index (χ3n) is 4.16. The summed E-state index contributed by atoms with van der Waals surface area (Å²) in [5, 5.41) is 2.44. The van der Waals surface area contributed by atoms with Gasteiger partial charge in [0.1, 0.15) is 0 Å². The second kappa shape index (κ2) is 7.79. The van der Waals surface area contributed by atoms with Gasteiger partial charge in [0.05, 0.1) is 18.2 Å². The number of benzene rings is 1. The van der Waals surface area contributed by atoms with Crippen LogP contribution in [0.1, 0.15) is 28.8 Å². The van der Waals surface area contributed by atoms with Gasteiger partial charge in [-0.2, -0.15) is 8.42 Å². The number of likely N-dealkylation sites (N-methyl/N-ethyl adjacent to an activating group) is 1. The summed E-state index contributed by atoms with van der Waals surface area (Å²) in [6, 6.07) is 7.03. The highest BCUT2D eigenvalue weighted by Crippen LogP contribution is 2.25. The Morgan fingerprint density at radius 3 is 2.52 bits per heavy atom. The highest BCUT2D eigenvalue weighted by Gasteiger charge is 2.30. The van der Waals surface area contributed by atoms with E-state index in [2.05, 4.69) is 5.32 Å². The van der Waals surface area contributed by atoms with Crippen molar-refractivity contribution in [1.82, 2.24) is 10.2 Å². The van der Waals surface area contributed by atoms with Gasteiger partial charge in [0.15, 0.2) is 5.78 Å². The maximum absolute atomic E-state index is 12.6. The molecular formula is C17H22N2O5S. The molecule has 0 fully saturated rings. The van der Waals surface area contributed by atoms with Crippen molar-refractivity contribution in [2.75, 3.05) is 19.3 Å². The second-order valence-corrected chi connectivity index (χ2v) is 7.67. The van der Waals surface area contributed by atoms with Gasteiger partial charge in [0.2, 0.25) is 5.91 Å². The predicted octanol–water partition coefficient (Wildman–Crippen LogP) is 1.16. The zero-order chi connectivity index (χ0) is 18.6. The van der Waals surface area contributed by atoms with Gasteiger partial charge >= 0.3 is 0 Å². The summed E-state index contributed by atoms with van der Waals surface area (Å²) in [6.45, 7) is 1.80. The number of amides is 1. The smallest absolute Gasteiger partial charge is 0.266 e. The van der Waals surface area contributed by atoms with Crippen molar-refractivity contribution in [3.63, 3.8) is 0 Å². The monoisotopic (exact) mass is 366 g/mol. The molecule has 1 unspecified atom stereocenters. The average Bonchev–Trinajstić information content (AvgIpc) is 2.87.